The lowest BCUT2D eigenvalue weighted by Crippen LogP contribution is -1.69. The minimum Gasteiger partial charge on any atom is -0.280 e. The van der Waals surface area contributed by atoms with E-state index in [1.54, 1.807) is 0 Å². The van der Waals surface area contributed by atoms with Crippen molar-refractivity contribution >= 4 is 14.8 Å². The molecule has 0 aliphatic carbocycles. The molecule has 0 N–H and O–H groups in total. The Kier molecular flexibility index (Phi) is 1.06. The summed E-state index contributed by atoms with van der Waals surface area (Å²) in [7, 11) is 0.982. The number of fused-ring (bicyclic) bond motifs is 1. The van der Waals surface area contributed by atoms with Crippen molar-refractivity contribution in [3.05, 3.63) is 23.0 Å². The first-order valence-electron chi connectivity index (χ1n) is 3.04. The molecule has 0 aromatic carbocycles. The van der Waals surface area contributed by atoms with Gasteiger partial charge in [0, 0.05) is 6.21 Å². The number of nitrogens with zero attached hydrogens (tertiary/aromatic N) is 1. The van der Waals surface area contributed by atoms with Crippen LogP contribution in [0.3, 0.4) is 0 Å². The van der Waals surface area contributed by atoms with Gasteiger partial charge in [-0.05, 0) is 23.9 Å². The molecule has 46 valence electrons. The lowest BCUT2D eigenvalue weighted by molar-refractivity contribution is 1.23. The SMILES string of the molecule is CC1=CC=NC2PC2=C1. The predicted octanol–water partition coefficient (Wildman–Crippen LogP) is 1.92. The molecule has 0 radical (unpaired) electrons. The van der Waals surface area contributed by atoms with E-state index in [-0.39, 0.29) is 0 Å². The molecule has 1 saturated heterocycles. The van der Waals surface area contributed by atoms with Gasteiger partial charge in [0.25, 0.3) is 0 Å². The van der Waals surface area contributed by atoms with Gasteiger partial charge in [-0.3, -0.25) is 4.99 Å². The van der Waals surface area contributed by atoms with Gasteiger partial charge in [-0.2, -0.15) is 0 Å². The molecule has 0 aromatic rings. The van der Waals surface area contributed by atoms with Gasteiger partial charge in [-0.1, -0.05) is 14.7 Å². The molecule has 2 heteroatoms. The van der Waals surface area contributed by atoms with E-state index in [1.165, 1.54) is 10.9 Å². The van der Waals surface area contributed by atoms with Gasteiger partial charge in [0.2, 0.25) is 0 Å². The van der Waals surface area contributed by atoms with Crippen LogP contribution in [-0.4, -0.2) is 12.0 Å². The molecule has 2 heterocycles. The average Bonchev–Trinajstić information content (AvgIpc) is 2.43. The number of hydrogen-bond donors (Lipinski definition) is 0. The third kappa shape index (κ3) is 0.972. The van der Waals surface area contributed by atoms with Crippen LogP contribution < -0.4 is 0 Å². The molecular weight excluding hydrogens is 129 g/mol. The first-order chi connectivity index (χ1) is 4.36. The molecule has 2 rings (SSSR count). The van der Waals surface area contributed by atoms with Gasteiger partial charge in [0.1, 0.15) is 0 Å². The largest absolute Gasteiger partial charge is 0.280 e. The van der Waals surface area contributed by atoms with Crippen LogP contribution in [0.2, 0.25) is 0 Å². The molecule has 1 nitrogen and oxygen atoms in total. The van der Waals surface area contributed by atoms with Crippen molar-refractivity contribution in [2.45, 2.75) is 12.7 Å². The summed E-state index contributed by atoms with van der Waals surface area (Å²) < 4.78 is 0. The highest BCUT2D eigenvalue weighted by molar-refractivity contribution is 7.54. The Labute approximate surface area is 56.3 Å². The van der Waals surface area contributed by atoms with Crippen LogP contribution in [0.25, 0.3) is 0 Å². The summed E-state index contributed by atoms with van der Waals surface area (Å²) in [5.74, 6) is 0.582. The molecule has 9 heavy (non-hydrogen) atoms. The van der Waals surface area contributed by atoms with Crippen LogP contribution in [0.1, 0.15) is 6.92 Å². The van der Waals surface area contributed by atoms with E-state index in [1.807, 2.05) is 6.21 Å². The van der Waals surface area contributed by atoms with Crippen molar-refractivity contribution in [3.63, 3.8) is 0 Å². The van der Waals surface area contributed by atoms with Crippen LogP contribution in [0.5, 0.6) is 0 Å². The minimum absolute atomic E-state index is 0.582. The van der Waals surface area contributed by atoms with E-state index in [4.69, 9.17) is 0 Å². The van der Waals surface area contributed by atoms with E-state index in [0.717, 1.165) is 8.58 Å². The second kappa shape index (κ2) is 1.78. The monoisotopic (exact) mass is 137 g/mol. The fourth-order valence-electron chi connectivity index (χ4n) is 0.894. The molecule has 1 fully saturated rings. The zero-order chi connectivity index (χ0) is 6.27. The van der Waals surface area contributed by atoms with Crippen LogP contribution in [-0.2, 0) is 0 Å². The molecule has 0 amide bonds. The predicted molar refractivity (Wildman–Crippen MR) is 42.4 cm³/mol. The quantitative estimate of drug-likeness (QED) is 0.452. The highest BCUT2D eigenvalue weighted by Gasteiger charge is 2.28. The lowest BCUT2D eigenvalue weighted by atomic mass is 10.3. The van der Waals surface area contributed by atoms with Gasteiger partial charge in [-0.25, -0.2) is 0 Å². The van der Waals surface area contributed by atoms with E-state index in [0.29, 0.717) is 5.78 Å². The van der Waals surface area contributed by atoms with Crippen LogP contribution in [0.15, 0.2) is 28.0 Å². The van der Waals surface area contributed by atoms with E-state index < -0.39 is 0 Å². The Balaban J connectivity index is 2.37. The Morgan fingerprint density at radius 2 is 2.56 bits per heavy atom. The number of aliphatic imine (C=N–C) groups is 1. The first kappa shape index (κ1) is 5.37. The molecule has 2 unspecified atom stereocenters. The highest BCUT2D eigenvalue weighted by Crippen LogP contribution is 2.55. The van der Waals surface area contributed by atoms with Crippen molar-refractivity contribution < 1.29 is 0 Å². The van der Waals surface area contributed by atoms with Gasteiger partial charge in [0.05, 0.1) is 5.78 Å². The van der Waals surface area contributed by atoms with E-state index in [9.17, 15) is 0 Å². The molecule has 0 spiro atoms. The van der Waals surface area contributed by atoms with Crippen LogP contribution in [0, 0.1) is 0 Å². The topological polar surface area (TPSA) is 12.4 Å². The van der Waals surface area contributed by atoms with Gasteiger partial charge in [-0.15, -0.1) is 0 Å². The summed E-state index contributed by atoms with van der Waals surface area (Å²) in [6.07, 6.45) is 6.23. The highest BCUT2D eigenvalue weighted by atomic mass is 31.1. The molecule has 0 bridgehead atoms. The third-order valence-corrected chi connectivity index (χ3v) is 2.64. The van der Waals surface area contributed by atoms with Crippen molar-refractivity contribution in [2.24, 2.45) is 4.99 Å². The number of allylic oxidation sites excluding steroid dienone is 3. The fourth-order valence-corrected chi connectivity index (χ4v) is 1.76. The van der Waals surface area contributed by atoms with Crippen molar-refractivity contribution in [1.82, 2.24) is 0 Å². The average molecular weight is 137 g/mol. The summed E-state index contributed by atoms with van der Waals surface area (Å²) in [5.41, 5.74) is 1.33. The second-order valence-electron chi connectivity index (χ2n) is 2.36. The molecule has 2 aliphatic heterocycles. The number of hydrogen-bond acceptors (Lipinski definition) is 1. The summed E-state index contributed by atoms with van der Waals surface area (Å²) in [5, 5.41) is 1.53. The number of rotatable bonds is 0. The standard InChI is InChI=1S/C7H8NP/c1-5-2-3-8-7-6(4-5)9-7/h2-4,7,9H,1H3. The molecule has 2 aliphatic rings. The van der Waals surface area contributed by atoms with Crippen LogP contribution >= 0.6 is 8.58 Å². The van der Waals surface area contributed by atoms with Gasteiger partial charge < -0.3 is 0 Å². The fraction of sp³-hybridized carbons (Fsp3) is 0.286. The zero-order valence-corrected chi connectivity index (χ0v) is 6.26. The molecule has 0 aromatic heterocycles. The Bertz CT molecular complexity index is 225. The van der Waals surface area contributed by atoms with Crippen molar-refractivity contribution in [1.29, 1.82) is 0 Å². The summed E-state index contributed by atoms with van der Waals surface area (Å²) >= 11 is 0. The normalized spacial score (nSPS) is 32.8. The first-order valence-corrected chi connectivity index (χ1v) is 4.12. The van der Waals surface area contributed by atoms with Crippen molar-refractivity contribution in [3.8, 4) is 0 Å². The molecule has 2 atom stereocenters. The van der Waals surface area contributed by atoms with E-state index in [2.05, 4.69) is 24.1 Å². The zero-order valence-electron chi connectivity index (χ0n) is 5.26. The van der Waals surface area contributed by atoms with Crippen molar-refractivity contribution in [2.75, 3.05) is 0 Å². The summed E-state index contributed by atoms with van der Waals surface area (Å²) in [6, 6.07) is 0. The summed E-state index contributed by atoms with van der Waals surface area (Å²) in [4.78, 5) is 4.29. The lowest BCUT2D eigenvalue weighted by Gasteiger charge is -1.81. The maximum atomic E-state index is 4.29. The Morgan fingerprint density at radius 1 is 1.67 bits per heavy atom. The Morgan fingerprint density at radius 3 is 3.44 bits per heavy atom. The third-order valence-electron chi connectivity index (χ3n) is 1.47. The molecule has 0 saturated carbocycles. The second-order valence-corrected chi connectivity index (χ2v) is 3.77. The minimum atomic E-state index is 0.582. The smallest absolute Gasteiger partial charge is 0.0953 e. The Hall–Kier alpha value is -0.420. The molecular formula is C7H8NP. The van der Waals surface area contributed by atoms with E-state index >= 15 is 0 Å². The van der Waals surface area contributed by atoms with Gasteiger partial charge in [0.15, 0.2) is 0 Å². The maximum absolute atomic E-state index is 4.29. The van der Waals surface area contributed by atoms with Crippen LogP contribution in [0.4, 0.5) is 0 Å². The maximum Gasteiger partial charge on any atom is 0.0953 e. The van der Waals surface area contributed by atoms with Gasteiger partial charge >= 0.3 is 0 Å². The summed E-state index contributed by atoms with van der Waals surface area (Å²) in [6.45, 7) is 2.12.